The largest absolute Gasteiger partial charge is 0.330 e. The maximum atomic E-state index is 5.63. The van der Waals surface area contributed by atoms with Crippen LogP contribution in [0.2, 0.25) is 0 Å². The highest BCUT2D eigenvalue weighted by Gasteiger charge is 2.05. The van der Waals surface area contributed by atoms with E-state index in [-0.39, 0.29) is 0 Å². The van der Waals surface area contributed by atoms with Crippen LogP contribution in [0.1, 0.15) is 33.6 Å². The van der Waals surface area contributed by atoms with Crippen LogP contribution >= 0.6 is 0 Å². The summed E-state index contributed by atoms with van der Waals surface area (Å²) < 4.78 is 0. The second-order valence-corrected chi connectivity index (χ2v) is 3.33. The molecule has 0 bridgehead atoms. The van der Waals surface area contributed by atoms with Crippen molar-refractivity contribution in [3.63, 3.8) is 0 Å². The molecule has 0 spiro atoms. The van der Waals surface area contributed by atoms with Crippen molar-refractivity contribution in [3.05, 3.63) is 0 Å². The Morgan fingerprint density at radius 1 is 1.17 bits per heavy atom. The fraction of sp³-hybridized carbons (Fsp3) is 1.00. The quantitative estimate of drug-likeness (QED) is 0.633. The zero-order valence-electron chi connectivity index (χ0n) is 8.84. The van der Waals surface area contributed by atoms with E-state index in [0.29, 0.717) is 0 Å². The zero-order valence-corrected chi connectivity index (χ0v) is 8.84. The topological polar surface area (TPSA) is 29.3 Å². The Balaban J connectivity index is 3.49. The van der Waals surface area contributed by atoms with Gasteiger partial charge in [0.25, 0.3) is 0 Å². The number of hydrogen-bond donors (Lipinski definition) is 1. The molecule has 0 aromatic carbocycles. The van der Waals surface area contributed by atoms with Crippen LogP contribution in [0.3, 0.4) is 0 Å². The average Bonchev–Trinajstić information content (AvgIpc) is 2.13. The molecule has 1 atom stereocenters. The molecule has 0 saturated heterocycles. The Hall–Kier alpha value is -0.0800. The van der Waals surface area contributed by atoms with E-state index in [1.54, 1.807) is 0 Å². The lowest BCUT2D eigenvalue weighted by atomic mass is 10.0. The van der Waals surface area contributed by atoms with Crippen LogP contribution in [0.15, 0.2) is 0 Å². The molecule has 0 heterocycles. The molecule has 2 nitrogen and oxygen atoms in total. The maximum absolute atomic E-state index is 5.63. The minimum absolute atomic E-state index is 0.727. The van der Waals surface area contributed by atoms with Crippen molar-refractivity contribution in [3.8, 4) is 0 Å². The summed E-state index contributed by atoms with van der Waals surface area (Å²) in [5, 5.41) is 0. The molecule has 2 N–H and O–H groups in total. The van der Waals surface area contributed by atoms with Crippen molar-refractivity contribution >= 4 is 0 Å². The van der Waals surface area contributed by atoms with Gasteiger partial charge in [0.05, 0.1) is 0 Å². The Morgan fingerprint density at radius 3 is 2.08 bits per heavy atom. The number of nitrogens with two attached hydrogens (primary N) is 1. The van der Waals surface area contributed by atoms with Crippen LogP contribution in [0.4, 0.5) is 0 Å². The van der Waals surface area contributed by atoms with Gasteiger partial charge in [-0.05, 0) is 38.5 Å². The van der Waals surface area contributed by atoms with Gasteiger partial charge >= 0.3 is 0 Å². The first-order valence-corrected chi connectivity index (χ1v) is 5.20. The molecule has 74 valence electrons. The normalized spacial score (nSPS) is 13.8. The summed E-state index contributed by atoms with van der Waals surface area (Å²) in [5.74, 6) is 0.727. The molecule has 0 aromatic rings. The molecule has 0 amide bonds. The van der Waals surface area contributed by atoms with Crippen LogP contribution in [0.5, 0.6) is 0 Å². The van der Waals surface area contributed by atoms with Crippen LogP contribution < -0.4 is 5.73 Å². The van der Waals surface area contributed by atoms with Gasteiger partial charge < -0.3 is 10.6 Å². The van der Waals surface area contributed by atoms with Gasteiger partial charge in [0.1, 0.15) is 0 Å². The molecule has 0 aliphatic rings. The van der Waals surface area contributed by atoms with Crippen molar-refractivity contribution in [1.29, 1.82) is 0 Å². The van der Waals surface area contributed by atoms with Gasteiger partial charge in [-0.2, -0.15) is 0 Å². The summed E-state index contributed by atoms with van der Waals surface area (Å²) in [6, 6.07) is 0. The summed E-state index contributed by atoms with van der Waals surface area (Å²) in [7, 11) is 0. The lowest BCUT2D eigenvalue weighted by Crippen LogP contribution is -2.27. The Labute approximate surface area is 77.1 Å². The summed E-state index contributed by atoms with van der Waals surface area (Å²) in [5.41, 5.74) is 5.63. The van der Waals surface area contributed by atoms with Crippen molar-refractivity contribution < 1.29 is 0 Å². The number of nitrogens with zero attached hydrogens (tertiary/aromatic N) is 1. The smallest absolute Gasteiger partial charge is 0.00159 e. The van der Waals surface area contributed by atoms with Gasteiger partial charge in [0, 0.05) is 0 Å². The highest BCUT2D eigenvalue weighted by Crippen LogP contribution is 2.06. The second kappa shape index (κ2) is 7.56. The van der Waals surface area contributed by atoms with Crippen LogP contribution in [0, 0.1) is 5.92 Å². The molecule has 12 heavy (non-hydrogen) atoms. The molecule has 0 aliphatic carbocycles. The minimum Gasteiger partial charge on any atom is -0.330 e. The van der Waals surface area contributed by atoms with Gasteiger partial charge in [-0.25, -0.2) is 0 Å². The van der Waals surface area contributed by atoms with E-state index >= 15 is 0 Å². The van der Waals surface area contributed by atoms with Gasteiger partial charge in [-0.3, -0.25) is 0 Å². The molecule has 2 heteroatoms. The average molecular weight is 172 g/mol. The maximum Gasteiger partial charge on any atom is -0.00159 e. The van der Waals surface area contributed by atoms with E-state index in [2.05, 4.69) is 25.7 Å². The Morgan fingerprint density at radius 2 is 1.75 bits per heavy atom. The highest BCUT2D eigenvalue weighted by molar-refractivity contribution is 4.61. The van der Waals surface area contributed by atoms with Crippen molar-refractivity contribution in [1.82, 2.24) is 4.90 Å². The fourth-order valence-corrected chi connectivity index (χ4v) is 1.39. The Bertz CT molecular complexity index is 73.8. The van der Waals surface area contributed by atoms with Crippen molar-refractivity contribution in [2.45, 2.75) is 33.6 Å². The molecule has 0 fully saturated rings. The lowest BCUT2D eigenvalue weighted by Gasteiger charge is -2.20. The van der Waals surface area contributed by atoms with Crippen LogP contribution in [-0.4, -0.2) is 31.1 Å². The summed E-state index contributed by atoms with van der Waals surface area (Å²) in [6.45, 7) is 11.0. The monoisotopic (exact) mass is 172 g/mol. The third-order valence-corrected chi connectivity index (χ3v) is 2.66. The molecule has 1 unspecified atom stereocenters. The second-order valence-electron chi connectivity index (χ2n) is 3.33. The number of rotatable bonds is 7. The van der Waals surface area contributed by atoms with E-state index < -0.39 is 0 Å². The first-order chi connectivity index (χ1) is 5.78. The summed E-state index contributed by atoms with van der Waals surface area (Å²) in [4.78, 5) is 2.46. The predicted octanol–water partition coefficient (Wildman–Crippen LogP) is 1.70. The fourth-order valence-electron chi connectivity index (χ4n) is 1.39. The van der Waals surface area contributed by atoms with E-state index in [4.69, 9.17) is 5.73 Å². The standard InChI is InChI=1S/C10H24N2/c1-4-10(9-11)7-8-12(5-2)6-3/h10H,4-9,11H2,1-3H3. The van der Waals surface area contributed by atoms with E-state index in [9.17, 15) is 0 Å². The van der Waals surface area contributed by atoms with Crippen molar-refractivity contribution in [2.75, 3.05) is 26.2 Å². The van der Waals surface area contributed by atoms with E-state index in [1.165, 1.54) is 19.4 Å². The first-order valence-electron chi connectivity index (χ1n) is 5.20. The summed E-state index contributed by atoms with van der Waals surface area (Å²) >= 11 is 0. The predicted molar refractivity (Wildman–Crippen MR) is 55.2 cm³/mol. The minimum atomic E-state index is 0.727. The third-order valence-electron chi connectivity index (χ3n) is 2.66. The van der Waals surface area contributed by atoms with Crippen molar-refractivity contribution in [2.24, 2.45) is 11.7 Å². The SMILES string of the molecule is CCC(CN)CCN(CC)CC. The number of hydrogen-bond acceptors (Lipinski definition) is 2. The molecular formula is C10H24N2. The zero-order chi connectivity index (χ0) is 9.40. The molecule has 0 rings (SSSR count). The van der Waals surface area contributed by atoms with Gasteiger partial charge in [0.2, 0.25) is 0 Å². The van der Waals surface area contributed by atoms with E-state index in [0.717, 1.165) is 25.6 Å². The van der Waals surface area contributed by atoms with Crippen LogP contribution in [0.25, 0.3) is 0 Å². The molecule has 0 saturated carbocycles. The first kappa shape index (κ1) is 11.9. The summed E-state index contributed by atoms with van der Waals surface area (Å²) in [6.07, 6.45) is 2.48. The van der Waals surface area contributed by atoms with Gasteiger partial charge in [-0.15, -0.1) is 0 Å². The molecule has 0 aliphatic heterocycles. The van der Waals surface area contributed by atoms with E-state index in [1.807, 2.05) is 0 Å². The van der Waals surface area contributed by atoms with Gasteiger partial charge in [-0.1, -0.05) is 27.2 Å². The van der Waals surface area contributed by atoms with Crippen LogP contribution in [-0.2, 0) is 0 Å². The molecule has 0 aromatic heterocycles. The Kier molecular flexibility index (Phi) is 7.51. The molecular weight excluding hydrogens is 148 g/mol. The lowest BCUT2D eigenvalue weighted by molar-refractivity contribution is 0.274. The third kappa shape index (κ3) is 4.73. The molecule has 0 radical (unpaired) electrons. The van der Waals surface area contributed by atoms with Gasteiger partial charge in [0.15, 0.2) is 0 Å². The highest BCUT2D eigenvalue weighted by atomic mass is 15.1.